The maximum absolute atomic E-state index is 2.61. The maximum Gasteiger partial charge on any atom is 0.0125 e. The highest BCUT2D eigenvalue weighted by atomic mass is 15.2. The van der Waals surface area contributed by atoms with Crippen molar-refractivity contribution in [3.8, 4) is 0 Å². The van der Waals surface area contributed by atoms with Crippen LogP contribution in [0, 0.1) is 0 Å². The molecule has 0 aromatic heterocycles. The van der Waals surface area contributed by atoms with E-state index in [0.717, 1.165) is 0 Å². The molecule has 1 aliphatic rings. The van der Waals surface area contributed by atoms with Crippen molar-refractivity contribution in [1.29, 1.82) is 0 Å². The summed E-state index contributed by atoms with van der Waals surface area (Å²) in [5.74, 6) is 0. The Hall–Kier alpha value is -0.0400. The monoisotopic (exact) mass is 185 g/mol. The van der Waals surface area contributed by atoms with E-state index < -0.39 is 0 Å². The van der Waals surface area contributed by atoms with Crippen LogP contribution in [0.2, 0.25) is 0 Å². The lowest BCUT2D eigenvalue weighted by molar-refractivity contribution is 0.142. The average molecular weight is 185 g/mol. The van der Waals surface area contributed by atoms with Crippen molar-refractivity contribution >= 4 is 0 Å². The molecule has 80 valence electrons. The standard InChI is InChI=1S/C10H21N.C2H6/c1-10(2,3)11-8-6-4-5-7-9-11;1-2/h4-9H2,1-3H3;1-2H3. The molecule has 1 saturated heterocycles. The second kappa shape index (κ2) is 6.42. The topological polar surface area (TPSA) is 3.24 Å². The van der Waals surface area contributed by atoms with E-state index in [1.807, 2.05) is 13.8 Å². The van der Waals surface area contributed by atoms with E-state index in [1.54, 1.807) is 0 Å². The van der Waals surface area contributed by atoms with Gasteiger partial charge in [0.25, 0.3) is 0 Å². The summed E-state index contributed by atoms with van der Waals surface area (Å²) in [7, 11) is 0. The largest absolute Gasteiger partial charge is 0.298 e. The zero-order chi connectivity index (χ0) is 10.3. The third-order valence-corrected chi connectivity index (χ3v) is 2.55. The van der Waals surface area contributed by atoms with Gasteiger partial charge in [-0.1, -0.05) is 26.7 Å². The Bertz CT molecular complexity index is 105. The van der Waals surface area contributed by atoms with E-state index in [0.29, 0.717) is 5.54 Å². The van der Waals surface area contributed by atoms with Gasteiger partial charge in [0.05, 0.1) is 0 Å². The molecule has 0 amide bonds. The fraction of sp³-hybridized carbons (Fsp3) is 1.00. The second-order valence-electron chi connectivity index (χ2n) is 4.57. The molecule has 0 radical (unpaired) electrons. The molecular weight excluding hydrogens is 158 g/mol. The van der Waals surface area contributed by atoms with Crippen LogP contribution < -0.4 is 0 Å². The van der Waals surface area contributed by atoms with Gasteiger partial charge in [-0.2, -0.15) is 0 Å². The quantitative estimate of drug-likeness (QED) is 0.556. The Morgan fingerprint density at radius 1 is 0.769 bits per heavy atom. The molecule has 1 rings (SSSR count). The molecule has 0 saturated carbocycles. The highest BCUT2D eigenvalue weighted by molar-refractivity contribution is 4.77. The minimum Gasteiger partial charge on any atom is -0.298 e. The van der Waals surface area contributed by atoms with Crippen LogP contribution in [0.1, 0.15) is 60.3 Å². The highest BCUT2D eigenvalue weighted by Gasteiger charge is 2.21. The molecule has 0 N–H and O–H groups in total. The first-order valence-corrected chi connectivity index (χ1v) is 5.86. The van der Waals surface area contributed by atoms with Gasteiger partial charge in [-0.15, -0.1) is 0 Å². The van der Waals surface area contributed by atoms with Gasteiger partial charge in [0.15, 0.2) is 0 Å². The summed E-state index contributed by atoms with van der Waals surface area (Å²) in [5.41, 5.74) is 0.393. The number of rotatable bonds is 0. The van der Waals surface area contributed by atoms with Crippen LogP contribution in [0.4, 0.5) is 0 Å². The average Bonchev–Trinajstić information content (AvgIpc) is 2.34. The zero-order valence-corrected chi connectivity index (χ0v) is 10.2. The minimum atomic E-state index is 0.393. The van der Waals surface area contributed by atoms with Crippen molar-refractivity contribution in [2.75, 3.05) is 13.1 Å². The molecule has 1 heteroatoms. The van der Waals surface area contributed by atoms with Gasteiger partial charge in [0.2, 0.25) is 0 Å². The Kier molecular flexibility index (Phi) is 6.40. The van der Waals surface area contributed by atoms with E-state index >= 15 is 0 Å². The van der Waals surface area contributed by atoms with E-state index in [9.17, 15) is 0 Å². The SMILES string of the molecule is CC.CC(C)(C)N1CCCCCC1. The first-order valence-electron chi connectivity index (χ1n) is 5.86. The Balaban J connectivity index is 0.000000671. The van der Waals surface area contributed by atoms with Crippen LogP contribution in [-0.4, -0.2) is 23.5 Å². The molecule has 0 unspecified atom stereocenters. The fourth-order valence-electron chi connectivity index (χ4n) is 1.74. The summed E-state index contributed by atoms with van der Waals surface area (Å²) in [6.45, 7) is 13.6. The molecular formula is C12H27N. The van der Waals surface area contributed by atoms with Gasteiger partial charge in [-0.05, 0) is 46.7 Å². The molecule has 1 heterocycles. The molecule has 0 aromatic rings. The number of likely N-dealkylation sites (tertiary alicyclic amines) is 1. The van der Waals surface area contributed by atoms with Crippen LogP contribution in [0.25, 0.3) is 0 Å². The predicted molar refractivity (Wildman–Crippen MR) is 61.1 cm³/mol. The Labute approximate surface area is 84.5 Å². The van der Waals surface area contributed by atoms with Crippen LogP contribution >= 0.6 is 0 Å². The summed E-state index contributed by atoms with van der Waals surface area (Å²) in [5, 5.41) is 0. The lowest BCUT2D eigenvalue weighted by Crippen LogP contribution is -2.41. The zero-order valence-electron chi connectivity index (χ0n) is 10.2. The molecule has 0 spiro atoms. The van der Waals surface area contributed by atoms with Gasteiger partial charge >= 0.3 is 0 Å². The lowest BCUT2D eigenvalue weighted by Gasteiger charge is -2.34. The minimum absolute atomic E-state index is 0.393. The Morgan fingerprint density at radius 3 is 1.46 bits per heavy atom. The van der Waals surface area contributed by atoms with Gasteiger partial charge in [0, 0.05) is 5.54 Å². The third kappa shape index (κ3) is 5.30. The van der Waals surface area contributed by atoms with Gasteiger partial charge in [-0.3, -0.25) is 4.90 Å². The van der Waals surface area contributed by atoms with Crippen molar-refractivity contribution in [3.05, 3.63) is 0 Å². The summed E-state index contributed by atoms with van der Waals surface area (Å²) in [4.78, 5) is 2.61. The summed E-state index contributed by atoms with van der Waals surface area (Å²) < 4.78 is 0. The van der Waals surface area contributed by atoms with Gasteiger partial charge in [-0.25, -0.2) is 0 Å². The molecule has 13 heavy (non-hydrogen) atoms. The van der Waals surface area contributed by atoms with Crippen molar-refractivity contribution in [2.45, 2.75) is 65.8 Å². The van der Waals surface area contributed by atoms with Gasteiger partial charge < -0.3 is 0 Å². The summed E-state index contributed by atoms with van der Waals surface area (Å²) in [6, 6.07) is 0. The molecule has 0 atom stereocenters. The highest BCUT2D eigenvalue weighted by Crippen LogP contribution is 2.18. The van der Waals surface area contributed by atoms with Crippen molar-refractivity contribution < 1.29 is 0 Å². The lowest BCUT2D eigenvalue weighted by atomic mass is 10.1. The van der Waals surface area contributed by atoms with E-state index in [4.69, 9.17) is 0 Å². The van der Waals surface area contributed by atoms with Crippen LogP contribution in [0.3, 0.4) is 0 Å². The third-order valence-electron chi connectivity index (χ3n) is 2.55. The summed E-state index contributed by atoms with van der Waals surface area (Å²) >= 11 is 0. The van der Waals surface area contributed by atoms with Crippen LogP contribution in [0.15, 0.2) is 0 Å². The Morgan fingerprint density at radius 2 is 1.15 bits per heavy atom. The normalized spacial score (nSPS) is 20.1. The number of hydrogen-bond acceptors (Lipinski definition) is 1. The van der Waals surface area contributed by atoms with Gasteiger partial charge in [0.1, 0.15) is 0 Å². The fourth-order valence-corrected chi connectivity index (χ4v) is 1.74. The predicted octanol–water partition coefficient (Wildman–Crippen LogP) is 3.69. The molecule has 0 aromatic carbocycles. The molecule has 1 fully saturated rings. The maximum atomic E-state index is 2.61. The first-order chi connectivity index (χ1) is 6.11. The van der Waals surface area contributed by atoms with E-state index in [-0.39, 0.29) is 0 Å². The summed E-state index contributed by atoms with van der Waals surface area (Å²) in [6.07, 6.45) is 5.67. The second-order valence-corrected chi connectivity index (χ2v) is 4.57. The smallest absolute Gasteiger partial charge is 0.0125 e. The molecule has 1 aliphatic heterocycles. The molecule has 1 nitrogen and oxygen atoms in total. The first kappa shape index (κ1) is 13.0. The van der Waals surface area contributed by atoms with Crippen molar-refractivity contribution in [3.63, 3.8) is 0 Å². The van der Waals surface area contributed by atoms with Crippen molar-refractivity contribution in [2.24, 2.45) is 0 Å². The number of nitrogens with zero attached hydrogens (tertiary/aromatic N) is 1. The number of hydrogen-bond donors (Lipinski definition) is 0. The molecule has 0 aliphatic carbocycles. The van der Waals surface area contributed by atoms with Crippen LogP contribution in [0.5, 0.6) is 0 Å². The van der Waals surface area contributed by atoms with Crippen molar-refractivity contribution in [1.82, 2.24) is 4.90 Å². The van der Waals surface area contributed by atoms with Crippen LogP contribution in [-0.2, 0) is 0 Å². The molecule has 0 bridgehead atoms. The van der Waals surface area contributed by atoms with E-state index in [1.165, 1.54) is 38.8 Å². The van der Waals surface area contributed by atoms with E-state index in [2.05, 4.69) is 25.7 Å².